The van der Waals surface area contributed by atoms with Crippen molar-refractivity contribution in [2.24, 2.45) is 0 Å². The van der Waals surface area contributed by atoms with E-state index in [0.29, 0.717) is 0 Å². The number of aromatic nitrogens is 1. The average Bonchev–Trinajstić information content (AvgIpc) is 2.38. The summed E-state index contributed by atoms with van der Waals surface area (Å²) in [6.07, 6.45) is 6.89. The molecule has 2 rings (SSSR count). The van der Waals surface area contributed by atoms with Crippen LogP contribution in [0.1, 0.15) is 12.5 Å². The Morgan fingerprint density at radius 1 is 1.65 bits per heavy atom. The lowest BCUT2D eigenvalue weighted by Crippen LogP contribution is -2.51. The highest BCUT2D eigenvalue weighted by Crippen LogP contribution is 2.05. The Labute approximate surface area is 101 Å². The number of hydrogen-bond donors (Lipinski definition) is 1. The largest absolute Gasteiger partial charge is 0.334 e. The minimum absolute atomic E-state index is 0.0721. The Morgan fingerprint density at radius 3 is 3.24 bits per heavy atom. The predicted molar refractivity (Wildman–Crippen MR) is 67.3 cm³/mol. The van der Waals surface area contributed by atoms with E-state index in [2.05, 4.69) is 17.2 Å². The minimum atomic E-state index is 0.0721. The Balaban J connectivity index is 1.99. The number of pyridine rings is 1. The van der Waals surface area contributed by atoms with E-state index in [1.165, 1.54) is 0 Å². The lowest BCUT2D eigenvalue weighted by molar-refractivity contribution is -0.128. The third-order valence-corrected chi connectivity index (χ3v) is 2.89. The van der Waals surface area contributed by atoms with Gasteiger partial charge in [0.2, 0.25) is 5.91 Å². The number of carbonyl (C=O) groups is 1. The van der Waals surface area contributed by atoms with Gasteiger partial charge < -0.3 is 10.2 Å². The summed E-state index contributed by atoms with van der Waals surface area (Å²) in [5.41, 5.74) is 0.948. The molecule has 0 saturated carbocycles. The van der Waals surface area contributed by atoms with Crippen molar-refractivity contribution in [2.75, 3.05) is 19.6 Å². The fraction of sp³-hybridized carbons (Fsp3) is 0.385. The van der Waals surface area contributed by atoms with Crippen molar-refractivity contribution in [1.29, 1.82) is 0 Å². The number of carbonyl (C=O) groups excluding carboxylic acids is 1. The van der Waals surface area contributed by atoms with Gasteiger partial charge in [0.25, 0.3) is 0 Å². The van der Waals surface area contributed by atoms with Gasteiger partial charge in [-0.1, -0.05) is 6.07 Å². The van der Waals surface area contributed by atoms with Gasteiger partial charge in [0.15, 0.2) is 0 Å². The zero-order valence-corrected chi connectivity index (χ0v) is 9.97. The molecule has 0 aromatic carbocycles. The third-order valence-electron chi connectivity index (χ3n) is 2.89. The first-order valence-electron chi connectivity index (χ1n) is 5.87. The van der Waals surface area contributed by atoms with Crippen LogP contribution in [0.25, 0.3) is 6.08 Å². The fourth-order valence-electron chi connectivity index (χ4n) is 1.91. The van der Waals surface area contributed by atoms with Crippen LogP contribution in [0.5, 0.6) is 0 Å². The van der Waals surface area contributed by atoms with Crippen molar-refractivity contribution < 1.29 is 4.79 Å². The molecule has 0 radical (unpaired) electrons. The Morgan fingerprint density at radius 2 is 2.53 bits per heavy atom. The van der Waals surface area contributed by atoms with E-state index < -0.39 is 0 Å². The molecule has 17 heavy (non-hydrogen) atoms. The average molecular weight is 231 g/mol. The molecule has 1 unspecified atom stereocenters. The molecule has 1 aliphatic rings. The number of amides is 1. The van der Waals surface area contributed by atoms with Crippen LogP contribution < -0.4 is 5.32 Å². The summed E-state index contributed by atoms with van der Waals surface area (Å²) in [6.45, 7) is 4.57. The van der Waals surface area contributed by atoms with Gasteiger partial charge in [-0.3, -0.25) is 9.78 Å². The molecule has 1 aromatic heterocycles. The van der Waals surface area contributed by atoms with Gasteiger partial charge in [-0.05, 0) is 24.6 Å². The molecule has 1 aliphatic heterocycles. The molecule has 1 amide bonds. The third kappa shape index (κ3) is 3.14. The van der Waals surface area contributed by atoms with E-state index in [0.717, 1.165) is 25.2 Å². The van der Waals surface area contributed by atoms with Crippen molar-refractivity contribution in [3.05, 3.63) is 36.2 Å². The van der Waals surface area contributed by atoms with Crippen molar-refractivity contribution >= 4 is 12.0 Å². The molecule has 4 nitrogen and oxygen atoms in total. The molecule has 1 fully saturated rings. The highest BCUT2D eigenvalue weighted by atomic mass is 16.2. The van der Waals surface area contributed by atoms with E-state index in [9.17, 15) is 4.79 Å². The summed E-state index contributed by atoms with van der Waals surface area (Å²) >= 11 is 0. The van der Waals surface area contributed by atoms with Crippen LogP contribution in [-0.2, 0) is 4.79 Å². The lowest BCUT2D eigenvalue weighted by atomic mass is 10.2. The summed E-state index contributed by atoms with van der Waals surface area (Å²) in [4.78, 5) is 17.9. The summed E-state index contributed by atoms with van der Waals surface area (Å²) < 4.78 is 0. The van der Waals surface area contributed by atoms with E-state index in [1.54, 1.807) is 18.5 Å². The number of nitrogens with one attached hydrogen (secondary N) is 1. The number of rotatable bonds is 2. The van der Waals surface area contributed by atoms with Crippen LogP contribution in [0.15, 0.2) is 30.6 Å². The normalized spacial score (nSPS) is 20.8. The van der Waals surface area contributed by atoms with Crippen molar-refractivity contribution in [2.45, 2.75) is 13.0 Å². The molecule has 1 saturated heterocycles. The summed E-state index contributed by atoms with van der Waals surface area (Å²) in [6, 6.07) is 4.05. The maximum Gasteiger partial charge on any atom is 0.246 e. The maximum absolute atomic E-state index is 12.0. The number of piperazine rings is 1. The fourth-order valence-corrected chi connectivity index (χ4v) is 1.91. The summed E-state index contributed by atoms with van der Waals surface area (Å²) in [5.74, 6) is 0.0721. The van der Waals surface area contributed by atoms with Gasteiger partial charge in [-0.2, -0.15) is 0 Å². The first-order valence-corrected chi connectivity index (χ1v) is 5.87. The molecule has 2 heterocycles. The van der Waals surface area contributed by atoms with Crippen LogP contribution in [0.2, 0.25) is 0 Å². The Kier molecular flexibility index (Phi) is 3.88. The van der Waals surface area contributed by atoms with Gasteiger partial charge in [0.05, 0.1) is 0 Å². The second kappa shape index (κ2) is 5.59. The molecular formula is C13H17N3O. The summed E-state index contributed by atoms with van der Waals surface area (Å²) in [7, 11) is 0. The maximum atomic E-state index is 12.0. The van der Waals surface area contributed by atoms with Gasteiger partial charge in [0.1, 0.15) is 0 Å². The van der Waals surface area contributed by atoms with E-state index >= 15 is 0 Å². The first-order chi connectivity index (χ1) is 8.27. The van der Waals surface area contributed by atoms with Gasteiger partial charge in [0, 0.05) is 44.1 Å². The molecule has 1 N–H and O–H groups in total. The molecule has 4 heteroatoms. The highest BCUT2D eigenvalue weighted by molar-refractivity contribution is 5.92. The molecule has 0 aliphatic carbocycles. The van der Waals surface area contributed by atoms with Crippen LogP contribution >= 0.6 is 0 Å². The molecule has 1 aromatic rings. The topological polar surface area (TPSA) is 45.2 Å². The zero-order valence-electron chi connectivity index (χ0n) is 9.97. The second-order valence-electron chi connectivity index (χ2n) is 4.20. The van der Waals surface area contributed by atoms with Crippen LogP contribution in [0.4, 0.5) is 0 Å². The Bertz CT molecular complexity index is 402. The van der Waals surface area contributed by atoms with Crippen molar-refractivity contribution in [1.82, 2.24) is 15.2 Å². The van der Waals surface area contributed by atoms with E-state index in [4.69, 9.17) is 0 Å². The van der Waals surface area contributed by atoms with E-state index in [1.807, 2.05) is 23.1 Å². The Hall–Kier alpha value is -1.68. The highest BCUT2D eigenvalue weighted by Gasteiger charge is 2.20. The quantitative estimate of drug-likeness (QED) is 0.770. The molecule has 1 atom stereocenters. The smallest absolute Gasteiger partial charge is 0.246 e. The van der Waals surface area contributed by atoms with Gasteiger partial charge in [-0.25, -0.2) is 0 Å². The van der Waals surface area contributed by atoms with Crippen molar-refractivity contribution in [3.63, 3.8) is 0 Å². The van der Waals surface area contributed by atoms with Crippen molar-refractivity contribution in [3.8, 4) is 0 Å². The standard InChI is InChI=1S/C13H17N3O/c1-11-9-15-7-8-16(11)13(17)5-4-12-3-2-6-14-10-12/h2-6,10-11,15H,7-9H2,1H3/b5-4+. The zero-order chi connectivity index (χ0) is 12.1. The van der Waals surface area contributed by atoms with Crippen LogP contribution in [0, 0.1) is 0 Å². The molecule has 90 valence electrons. The predicted octanol–water partition coefficient (Wildman–Crippen LogP) is 0.915. The number of hydrogen-bond acceptors (Lipinski definition) is 3. The van der Waals surface area contributed by atoms with E-state index in [-0.39, 0.29) is 11.9 Å². The SMILES string of the molecule is CC1CNCCN1C(=O)/C=C/c1cccnc1. The lowest BCUT2D eigenvalue weighted by Gasteiger charge is -2.33. The van der Waals surface area contributed by atoms with Crippen LogP contribution in [0.3, 0.4) is 0 Å². The van der Waals surface area contributed by atoms with Crippen LogP contribution in [-0.4, -0.2) is 41.5 Å². The second-order valence-corrected chi connectivity index (χ2v) is 4.20. The first kappa shape index (κ1) is 11.8. The minimum Gasteiger partial charge on any atom is -0.334 e. The number of nitrogens with zero attached hydrogens (tertiary/aromatic N) is 2. The summed E-state index contributed by atoms with van der Waals surface area (Å²) in [5, 5.41) is 3.27. The monoisotopic (exact) mass is 231 g/mol. The molecule has 0 bridgehead atoms. The van der Waals surface area contributed by atoms with Gasteiger partial charge >= 0.3 is 0 Å². The molecule has 0 spiro atoms. The molecular weight excluding hydrogens is 214 g/mol. The van der Waals surface area contributed by atoms with Gasteiger partial charge in [-0.15, -0.1) is 0 Å².